The van der Waals surface area contributed by atoms with E-state index in [0.29, 0.717) is 5.78 Å². The highest BCUT2D eigenvalue weighted by atomic mass is 32.2. The van der Waals surface area contributed by atoms with E-state index in [1.807, 2.05) is 30.0 Å². The van der Waals surface area contributed by atoms with Crippen molar-refractivity contribution in [2.75, 3.05) is 11.4 Å². The fourth-order valence-corrected chi connectivity index (χ4v) is 4.97. The molecule has 106 valence electrons. The molecule has 2 nitrogen and oxygen atoms in total. The summed E-state index contributed by atoms with van der Waals surface area (Å²) < 4.78 is 0. The minimum absolute atomic E-state index is 0.0692. The van der Waals surface area contributed by atoms with Gasteiger partial charge in [-0.2, -0.15) is 0 Å². The van der Waals surface area contributed by atoms with Crippen LogP contribution in [0.1, 0.15) is 22.8 Å². The monoisotopic (exact) mass is 295 g/mol. The number of fused-ring (bicyclic) bond motifs is 2. The van der Waals surface area contributed by atoms with E-state index in [9.17, 15) is 4.79 Å². The van der Waals surface area contributed by atoms with E-state index >= 15 is 0 Å². The van der Waals surface area contributed by atoms with Crippen LogP contribution in [0.15, 0.2) is 53.4 Å². The van der Waals surface area contributed by atoms with Crippen LogP contribution in [0.2, 0.25) is 0 Å². The van der Waals surface area contributed by atoms with Gasteiger partial charge in [0.05, 0.1) is 17.0 Å². The molecule has 3 heteroatoms. The lowest BCUT2D eigenvalue weighted by molar-refractivity contribution is 0.0934. The first-order valence-electron chi connectivity index (χ1n) is 7.44. The summed E-state index contributed by atoms with van der Waals surface area (Å²) in [5.74, 6) is 0.383. The Labute approximate surface area is 129 Å². The summed E-state index contributed by atoms with van der Waals surface area (Å²) in [6.07, 6.45) is 0.872. The molecule has 21 heavy (non-hydrogen) atoms. The maximum atomic E-state index is 12.8. The second-order valence-electron chi connectivity index (χ2n) is 5.59. The number of ketones is 1. The van der Waals surface area contributed by atoms with Crippen LogP contribution in [-0.4, -0.2) is 17.7 Å². The van der Waals surface area contributed by atoms with E-state index in [1.165, 1.54) is 16.1 Å². The smallest absolute Gasteiger partial charge is 0.169 e. The number of rotatable bonds is 2. The van der Waals surface area contributed by atoms with Crippen molar-refractivity contribution in [1.29, 1.82) is 0 Å². The summed E-state index contributed by atoms with van der Waals surface area (Å²) in [4.78, 5) is 16.4. The van der Waals surface area contributed by atoms with E-state index in [1.54, 1.807) is 0 Å². The summed E-state index contributed by atoms with van der Waals surface area (Å²) in [5.41, 5.74) is 3.41. The lowest BCUT2D eigenvalue weighted by Gasteiger charge is -2.28. The summed E-state index contributed by atoms with van der Waals surface area (Å²) in [6, 6.07) is 16.5. The molecule has 0 radical (unpaired) electrons. The van der Waals surface area contributed by atoms with Crippen molar-refractivity contribution in [2.24, 2.45) is 5.92 Å². The lowest BCUT2D eigenvalue weighted by Crippen LogP contribution is -2.37. The van der Waals surface area contributed by atoms with Crippen LogP contribution in [0, 0.1) is 5.92 Å². The summed E-state index contributed by atoms with van der Waals surface area (Å²) in [7, 11) is 0. The fraction of sp³-hybridized carbons (Fsp3) is 0.278. The highest BCUT2D eigenvalue weighted by molar-refractivity contribution is 8.00. The van der Waals surface area contributed by atoms with Gasteiger partial charge in [0, 0.05) is 17.0 Å². The molecule has 1 aliphatic carbocycles. The number of carbonyl (C=O) groups is 1. The van der Waals surface area contributed by atoms with Gasteiger partial charge in [-0.3, -0.25) is 4.79 Å². The molecule has 1 aliphatic heterocycles. The van der Waals surface area contributed by atoms with E-state index in [0.717, 1.165) is 18.5 Å². The van der Waals surface area contributed by atoms with Gasteiger partial charge in [-0.05, 0) is 31.0 Å². The Morgan fingerprint density at radius 3 is 2.71 bits per heavy atom. The molecular weight excluding hydrogens is 278 g/mol. The first kappa shape index (κ1) is 13.0. The van der Waals surface area contributed by atoms with Crippen LogP contribution in [0.4, 0.5) is 5.69 Å². The van der Waals surface area contributed by atoms with Gasteiger partial charge in [-0.25, -0.2) is 0 Å². The third-order valence-corrected chi connectivity index (χ3v) is 5.90. The first-order chi connectivity index (χ1) is 10.3. The molecule has 2 aromatic carbocycles. The second kappa shape index (κ2) is 4.92. The van der Waals surface area contributed by atoms with Gasteiger partial charge in [0.1, 0.15) is 0 Å². The summed E-state index contributed by atoms with van der Waals surface area (Å²) in [6.45, 7) is 3.11. The number of para-hydroxylation sites is 1. The zero-order valence-corrected chi connectivity index (χ0v) is 12.8. The van der Waals surface area contributed by atoms with Gasteiger partial charge in [0.25, 0.3) is 0 Å². The van der Waals surface area contributed by atoms with Crippen molar-refractivity contribution < 1.29 is 4.79 Å². The molecular formula is C18H17NOS. The maximum absolute atomic E-state index is 12.8. The topological polar surface area (TPSA) is 20.3 Å². The van der Waals surface area contributed by atoms with Crippen molar-refractivity contribution in [2.45, 2.75) is 23.6 Å². The SMILES string of the molecule is CCN1c2ccccc2SC1[C@@H]1Cc2ccccc2C1=O. The number of hydrogen-bond donors (Lipinski definition) is 0. The van der Waals surface area contributed by atoms with Gasteiger partial charge < -0.3 is 4.90 Å². The molecule has 0 spiro atoms. The Kier molecular flexibility index (Phi) is 3.03. The van der Waals surface area contributed by atoms with Gasteiger partial charge in [0.2, 0.25) is 0 Å². The van der Waals surface area contributed by atoms with Crippen LogP contribution >= 0.6 is 11.8 Å². The van der Waals surface area contributed by atoms with Gasteiger partial charge in [0.15, 0.2) is 5.78 Å². The van der Waals surface area contributed by atoms with Crippen LogP contribution in [0.5, 0.6) is 0 Å². The molecule has 2 atom stereocenters. The minimum atomic E-state index is 0.0692. The van der Waals surface area contributed by atoms with Gasteiger partial charge >= 0.3 is 0 Å². The summed E-state index contributed by atoms with van der Waals surface area (Å²) in [5, 5.41) is 0.229. The van der Waals surface area contributed by atoms with E-state index in [2.05, 4.69) is 42.2 Å². The second-order valence-corrected chi connectivity index (χ2v) is 6.75. The van der Waals surface area contributed by atoms with E-state index in [-0.39, 0.29) is 11.3 Å². The zero-order valence-electron chi connectivity index (χ0n) is 12.0. The van der Waals surface area contributed by atoms with Crippen molar-refractivity contribution in [3.63, 3.8) is 0 Å². The highest BCUT2D eigenvalue weighted by Crippen LogP contribution is 2.48. The molecule has 1 heterocycles. The van der Waals surface area contributed by atoms with Crippen molar-refractivity contribution in [3.8, 4) is 0 Å². The molecule has 0 bridgehead atoms. The van der Waals surface area contributed by atoms with Gasteiger partial charge in [-0.1, -0.05) is 48.2 Å². The Morgan fingerprint density at radius 1 is 1.14 bits per heavy atom. The first-order valence-corrected chi connectivity index (χ1v) is 8.32. The fourth-order valence-electron chi connectivity index (χ4n) is 3.47. The molecule has 0 fully saturated rings. The van der Waals surface area contributed by atoms with Crippen LogP contribution in [0.25, 0.3) is 0 Å². The largest absolute Gasteiger partial charge is 0.358 e. The number of thioether (sulfide) groups is 1. The molecule has 0 saturated heterocycles. The Balaban J connectivity index is 1.69. The average Bonchev–Trinajstić information content (AvgIpc) is 3.05. The van der Waals surface area contributed by atoms with Crippen LogP contribution < -0.4 is 4.90 Å². The standard InChI is InChI=1S/C18H17NOS/c1-2-19-15-9-5-6-10-16(15)21-18(19)14-11-12-7-3-4-8-13(12)17(14)20/h3-10,14,18H,2,11H2,1H3/t14-,18?/m1/s1. The third kappa shape index (κ3) is 1.91. The van der Waals surface area contributed by atoms with Crippen molar-refractivity contribution in [3.05, 3.63) is 59.7 Å². The van der Waals surface area contributed by atoms with E-state index in [4.69, 9.17) is 0 Å². The van der Waals surface area contributed by atoms with Crippen molar-refractivity contribution in [1.82, 2.24) is 0 Å². The molecule has 0 saturated carbocycles. The molecule has 0 amide bonds. The van der Waals surface area contributed by atoms with Crippen LogP contribution in [-0.2, 0) is 6.42 Å². The number of carbonyl (C=O) groups excluding carboxylic acids is 1. The molecule has 2 aliphatic rings. The molecule has 1 unspecified atom stereocenters. The molecule has 2 aromatic rings. The quantitative estimate of drug-likeness (QED) is 0.835. The summed E-state index contributed by atoms with van der Waals surface area (Å²) >= 11 is 1.85. The third-order valence-electron chi connectivity index (χ3n) is 4.47. The number of Topliss-reactive ketones (excluding diaryl/α,β-unsaturated/α-hetero) is 1. The maximum Gasteiger partial charge on any atom is 0.169 e. The average molecular weight is 295 g/mol. The Hall–Kier alpha value is -1.74. The lowest BCUT2D eigenvalue weighted by atomic mass is 10.0. The Morgan fingerprint density at radius 2 is 1.90 bits per heavy atom. The van der Waals surface area contributed by atoms with Crippen molar-refractivity contribution >= 4 is 23.2 Å². The predicted molar refractivity (Wildman–Crippen MR) is 87.1 cm³/mol. The van der Waals surface area contributed by atoms with E-state index < -0.39 is 0 Å². The van der Waals surface area contributed by atoms with Gasteiger partial charge in [-0.15, -0.1) is 0 Å². The molecule has 0 N–H and O–H groups in total. The minimum Gasteiger partial charge on any atom is -0.358 e. The molecule has 4 rings (SSSR count). The highest BCUT2D eigenvalue weighted by Gasteiger charge is 2.42. The number of nitrogens with zero attached hydrogens (tertiary/aromatic N) is 1. The number of benzene rings is 2. The van der Waals surface area contributed by atoms with Crippen LogP contribution in [0.3, 0.4) is 0 Å². The Bertz CT molecular complexity index is 712. The normalized spacial score (nSPS) is 23.3. The number of hydrogen-bond acceptors (Lipinski definition) is 3. The zero-order chi connectivity index (χ0) is 14.4. The predicted octanol–water partition coefficient (Wildman–Crippen LogP) is 4.00. The molecule has 0 aromatic heterocycles. The number of anilines is 1.